The quantitative estimate of drug-likeness (QED) is 0.582. The van der Waals surface area contributed by atoms with E-state index in [0.29, 0.717) is 37.8 Å². The Labute approximate surface area is 143 Å². The highest BCUT2D eigenvalue weighted by Crippen LogP contribution is 2.20. The van der Waals surface area contributed by atoms with Crippen molar-refractivity contribution in [3.05, 3.63) is 29.8 Å². The molecule has 2 rings (SSSR count). The number of likely N-dealkylation sites (tertiary alicyclic amines) is 1. The van der Waals surface area contributed by atoms with E-state index in [2.05, 4.69) is 5.92 Å². The lowest BCUT2D eigenvalue weighted by molar-refractivity contribution is 0.0582. The second kappa shape index (κ2) is 8.32. The molecule has 1 saturated heterocycles. The number of amides is 1. The minimum atomic E-state index is -3.24. The first kappa shape index (κ1) is 18.5. The lowest BCUT2D eigenvalue weighted by atomic mass is 9.97. The van der Waals surface area contributed by atoms with E-state index in [-0.39, 0.29) is 16.6 Å². The average Bonchev–Trinajstić information content (AvgIpc) is 2.62. The zero-order valence-corrected chi connectivity index (χ0v) is 14.7. The fraction of sp³-hybridized carbons (Fsp3) is 0.500. The second-order valence-electron chi connectivity index (χ2n) is 5.88. The SMILES string of the molecule is C#CCOCC1CCN(C(=O)c2ccc(S(=O)(=O)CC)cc2)CC1. The van der Waals surface area contributed by atoms with Crippen LogP contribution in [-0.2, 0) is 14.6 Å². The first-order valence-electron chi connectivity index (χ1n) is 8.11. The van der Waals surface area contributed by atoms with E-state index >= 15 is 0 Å². The molecule has 6 heteroatoms. The van der Waals surface area contributed by atoms with Gasteiger partial charge in [0.15, 0.2) is 9.84 Å². The van der Waals surface area contributed by atoms with Crippen LogP contribution in [0.1, 0.15) is 30.1 Å². The smallest absolute Gasteiger partial charge is 0.253 e. The topological polar surface area (TPSA) is 63.7 Å². The summed E-state index contributed by atoms with van der Waals surface area (Å²) in [5.74, 6) is 2.87. The number of nitrogens with zero attached hydrogens (tertiary/aromatic N) is 1. The fourth-order valence-corrected chi connectivity index (χ4v) is 3.63. The van der Waals surface area contributed by atoms with Crippen molar-refractivity contribution in [1.82, 2.24) is 4.90 Å². The summed E-state index contributed by atoms with van der Waals surface area (Å²) < 4.78 is 29.0. The Bertz CT molecular complexity index is 696. The van der Waals surface area contributed by atoms with Crippen LogP contribution in [0.5, 0.6) is 0 Å². The van der Waals surface area contributed by atoms with E-state index in [1.165, 1.54) is 12.1 Å². The maximum Gasteiger partial charge on any atom is 0.253 e. The zero-order valence-electron chi connectivity index (χ0n) is 13.9. The minimum absolute atomic E-state index is 0.0511. The number of hydrogen-bond donors (Lipinski definition) is 0. The molecule has 0 spiro atoms. The van der Waals surface area contributed by atoms with Crippen LogP contribution in [0.2, 0.25) is 0 Å². The van der Waals surface area contributed by atoms with E-state index in [1.54, 1.807) is 24.0 Å². The molecule has 130 valence electrons. The zero-order chi connectivity index (χ0) is 17.6. The Morgan fingerprint density at radius 3 is 2.46 bits per heavy atom. The molecule has 0 radical (unpaired) electrons. The van der Waals surface area contributed by atoms with Crippen molar-refractivity contribution in [3.63, 3.8) is 0 Å². The van der Waals surface area contributed by atoms with Crippen LogP contribution in [0, 0.1) is 18.3 Å². The largest absolute Gasteiger partial charge is 0.369 e. The molecule has 24 heavy (non-hydrogen) atoms. The number of benzene rings is 1. The van der Waals surface area contributed by atoms with Gasteiger partial charge in [0, 0.05) is 18.7 Å². The maximum absolute atomic E-state index is 12.5. The van der Waals surface area contributed by atoms with Crippen molar-refractivity contribution in [2.45, 2.75) is 24.7 Å². The highest BCUT2D eigenvalue weighted by Gasteiger charge is 2.24. The van der Waals surface area contributed by atoms with Gasteiger partial charge in [-0.05, 0) is 43.0 Å². The Hall–Kier alpha value is -1.84. The predicted octanol–water partition coefficient (Wildman–Crippen LogP) is 1.98. The molecule has 1 aliphatic rings. The summed E-state index contributed by atoms with van der Waals surface area (Å²) in [4.78, 5) is 14.6. The van der Waals surface area contributed by atoms with Crippen molar-refractivity contribution >= 4 is 15.7 Å². The molecular formula is C18H23NO4S. The van der Waals surface area contributed by atoms with Crippen LogP contribution in [0.3, 0.4) is 0 Å². The number of hydrogen-bond acceptors (Lipinski definition) is 4. The van der Waals surface area contributed by atoms with Crippen LogP contribution < -0.4 is 0 Å². The molecule has 1 heterocycles. The van der Waals surface area contributed by atoms with Crippen molar-refractivity contribution < 1.29 is 17.9 Å². The highest BCUT2D eigenvalue weighted by molar-refractivity contribution is 7.91. The summed E-state index contributed by atoms with van der Waals surface area (Å²) in [5.41, 5.74) is 0.520. The van der Waals surface area contributed by atoms with Crippen LogP contribution in [-0.4, -0.2) is 51.3 Å². The van der Waals surface area contributed by atoms with Crippen molar-refractivity contribution in [3.8, 4) is 12.3 Å². The van der Waals surface area contributed by atoms with Gasteiger partial charge in [0.05, 0.1) is 17.3 Å². The molecule has 0 bridgehead atoms. The Morgan fingerprint density at radius 1 is 1.29 bits per heavy atom. The number of terminal acetylenes is 1. The van der Waals surface area contributed by atoms with Gasteiger partial charge in [-0.25, -0.2) is 8.42 Å². The molecule has 1 amide bonds. The van der Waals surface area contributed by atoms with Gasteiger partial charge in [-0.2, -0.15) is 0 Å². The third kappa shape index (κ3) is 4.59. The molecular weight excluding hydrogens is 326 g/mol. The molecule has 1 aromatic carbocycles. The molecule has 0 aromatic heterocycles. The third-order valence-electron chi connectivity index (χ3n) is 4.28. The normalized spacial score (nSPS) is 15.9. The second-order valence-corrected chi connectivity index (χ2v) is 8.16. The first-order chi connectivity index (χ1) is 11.5. The van der Waals surface area contributed by atoms with E-state index in [9.17, 15) is 13.2 Å². The van der Waals surface area contributed by atoms with Gasteiger partial charge < -0.3 is 9.64 Å². The lowest BCUT2D eigenvalue weighted by Gasteiger charge is -2.31. The summed E-state index contributed by atoms with van der Waals surface area (Å²) in [6, 6.07) is 6.19. The van der Waals surface area contributed by atoms with Gasteiger partial charge in [-0.15, -0.1) is 6.42 Å². The molecule has 1 fully saturated rings. The summed E-state index contributed by atoms with van der Waals surface area (Å²) in [7, 11) is -3.24. The average molecular weight is 349 g/mol. The lowest BCUT2D eigenvalue weighted by Crippen LogP contribution is -2.39. The Kier molecular flexibility index (Phi) is 6.41. The molecule has 5 nitrogen and oxygen atoms in total. The van der Waals surface area contributed by atoms with Crippen molar-refractivity contribution in [1.29, 1.82) is 0 Å². The van der Waals surface area contributed by atoms with Gasteiger partial charge in [0.1, 0.15) is 6.61 Å². The van der Waals surface area contributed by atoms with E-state index < -0.39 is 9.84 Å². The molecule has 0 aliphatic carbocycles. The Balaban J connectivity index is 1.92. The van der Waals surface area contributed by atoms with Gasteiger partial charge >= 0.3 is 0 Å². The number of rotatable bonds is 6. The molecule has 0 saturated carbocycles. The van der Waals surface area contributed by atoms with Crippen molar-refractivity contribution in [2.75, 3.05) is 32.1 Å². The number of carbonyl (C=O) groups excluding carboxylic acids is 1. The maximum atomic E-state index is 12.5. The van der Waals surface area contributed by atoms with Crippen LogP contribution in [0.4, 0.5) is 0 Å². The van der Waals surface area contributed by atoms with Gasteiger partial charge in [0.25, 0.3) is 5.91 Å². The number of carbonyl (C=O) groups is 1. The highest BCUT2D eigenvalue weighted by atomic mass is 32.2. The van der Waals surface area contributed by atoms with Gasteiger partial charge in [-0.3, -0.25) is 4.79 Å². The molecule has 0 atom stereocenters. The molecule has 0 unspecified atom stereocenters. The number of sulfone groups is 1. The molecule has 0 N–H and O–H groups in total. The summed E-state index contributed by atoms with van der Waals surface area (Å²) >= 11 is 0. The molecule has 1 aromatic rings. The summed E-state index contributed by atoms with van der Waals surface area (Å²) in [5, 5.41) is 0. The van der Waals surface area contributed by atoms with Gasteiger partial charge in [0.2, 0.25) is 0 Å². The summed E-state index contributed by atoms with van der Waals surface area (Å²) in [6.07, 6.45) is 6.93. The standard InChI is InChI=1S/C18H23NO4S/c1-3-13-23-14-15-9-11-19(12-10-15)18(20)16-5-7-17(8-6-16)24(21,22)4-2/h1,5-8,15H,4,9-14H2,2H3. The summed E-state index contributed by atoms with van der Waals surface area (Å²) in [6.45, 7) is 3.92. The van der Waals surface area contributed by atoms with Crippen LogP contribution >= 0.6 is 0 Å². The van der Waals surface area contributed by atoms with Crippen LogP contribution in [0.15, 0.2) is 29.2 Å². The third-order valence-corrected chi connectivity index (χ3v) is 6.03. The van der Waals surface area contributed by atoms with E-state index in [1.807, 2.05) is 0 Å². The van der Waals surface area contributed by atoms with E-state index in [4.69, 9.17) is 11.2 Å². The first-order valence-corrected chi connectivity index (χ1v) is 9.76. The number of ether oxygens (including phenoxy) is 1. The monoisotopic (exact) mass is 349 g/mol. The van der Waals surface area contributed by atoms with Crippen molar-refractivity contribution in [2.24, 2.45) is 5.92 Å². The minimum Gasteiger partial charge on any atom is -0.369 e. The van der Waals surface area contributed by atoms with Crippen LogP contribution in [0.25, 0.3) is 0 Å². The molecule has 1 aliphatic heterocycles. The van der Waals surface area contributed by atoms with Gasteiger partial charge in [-0.1, -0.05) is 12.8 Å². The predicted molar refractivity (Wildman–Crippen MR) is 92.4 cm³/mol. The Morgan fingerprint density at radius 2 is 1.92 bits per heavy atom. The number of piperidine rings is 1. The van der Waals surface area contributed by atoms with E-state index in [0.717, 1.165) is 12.8 Å². The fourth-order valence-electron chi connectivity index (χ4n) is 2.74.